The molecule has 0 aliphatic carbocycles. The number of nitrogens with one attached hydrogen (secondary N) is 1. The van der Waals surface area contributed by atoms with Crippen LogP contribution in [0.4, 0.5) is 10.5 Å². The molecule has 1 aromatic rings. The molecule has 0 spiro atoms. The van der Waals surface area contributed by atoms with Crippen LogP contribution in [0.2, 0.25) is 0 Å². The fourth-order valence-electron chi connectivity index (χ4n) is 2.38. The fourth-order valence-corrected chi connectivity index (χ4v) is 2.64. The maximum Gasteiger partial charge on any atom is 0.410 e. The van der Waals surface area contributed by atoms with Gasteiger partial charge in [0.25, 0.3) is 0 Å². The van der Waals surface area contributed by atoms with Crippen molar-refractivity contribution in [3.63, 3.8) is 0 Å². The predicted octanol–water partition coefficient (Wildman–Crippen LogP) is 3.64. The number of nitrogens with zero attached hydrogens (tertiary/aromatic N) is 1. The van der Waals surface area contributed by atoms with Crippen molar-refractivity contribution in [2.45, 2.75) is 32.8 Å². The molecule has 0 radical (unpaired) electrons. The highest BCUT2D eigenvalue weighted by Crippen LogP contribution is 2.21. The molecule has 0 saturated carbocycles. The molecule has 2 amide bonds. The summed E-state index contributed by atoms with van der Waals surface area (Å²) >= 11 is 3.36. The standard InChI is InChI=1S/C16H21BrN2O3/c1-11(2)22-16(21)19-9-7-12(8-10-19)15(20)18-14-5-3-13(17)4-6-14/h3-6,11-12H,7-10H2,1-2H3,(H,18,20). The third-order valence-corrected chi connectivity index (χ3v) is 4.10. The van der Waals surface area contributed by atoms with E-state index < -0.39 is 0 Å². The van der Waals surface area contributed by atoms with E-state index in [9.17, 15) is 9.59 Å². The summed E-state index contributed by atoms with van der Waals surface area (Å²) in [6.07, 6.45) is 0.915. The first-order chi connectivity index (χ1) is 10.5. The minimum Gasteiger partial charge on any atom is -0.447 e. The summed E-state index contributed by atoms with van der Waals surface area (Å²) in [7, 11) is 0. The van der Waals surface area contributed by atoms with Crippen molar-refractivity contribution in [2.24, 2.45) is 5.92 Å². The number of benzene rings is 1. The topological polar surface area (TPSA) is 58.6 Å². The Bertz CT molecular complexity index is 523. The highest BCUT2D eigenvalue weighted by Gasteiger charge is 2.28. The first kappa shape index (κ1) is 16.8. The van der Waals surface area contributed by atoms with Crippen molar-refractivity contribution in [1.29, 1.82) is 0 Å². The Kier molecular flexibility index (Phi) is 5.83. The lowest BCUT2D eigenvalue weighted by molar-refractivity contribution is -0.121. The van der Waals surface area contributed by atoms with Crippen LogP contribution < -0.4 is 5.32 Å². The van der Waals surface area contributed by atoms with Gasteiger partial charge in [-0.25, -0.2) is 4.79 Å². The van der Waals surface area contributed by atoms with Crippen LogP contribution in [0.15, 0.2) is 28.7 Å². The molecule has 5 nitrogen and oxygen atoms in total. The number of rotatable bonds is 3. The van der Waals surface area contributed by atoms with Gasteiger partial charge in [-0.2, -0.15) is 0 Å². The molecule has 0 unspecified atom stereocenters. The molecule has 2 rings (SSSR count). The number of amides is 2. The van der Waals surface area contributed by atoms with E-state index in [0.29, 0.717) is 25.9 Å². The fraction of sp³-hybridized carbons (Fsp3) is 0.500. The Balaban J connectivity index is 1.82. The second kappa shape index (κ2) is 7.63. The van der Waals surface area contributed by atoms with Crippen LogP contribution in [0, 0.1) is 5.92 Å². The SMILES string of the molecule is CC(C)OC(=O)N1CCC(C(=O)Nc2ccc(Br)cc2)CC1. The van der Waals surface area contributed by atoms with Crippen LogP contribution in [0.3, 0.4) is 0 Å². The van der Waals surface area contributed by atoms with Crippen LogP contribution in [-0.4, -0.2) is 36.1 Å². The summed E-state index contributed by atoms with van der Waals surface area (Å²) in [6.45, 7) is 4.78. The highest BCUT2D eigenvalue weighted by atomic mass is 79.9. The molecule has 0 aromatic heterocycles. The molecule has 1 saturated heterocycles. The molecule has 1 aliphatic heterocycles. The maximum absolute atomic E-state index is 12.2. The predicted molar refractivity (Wildman–Crippen MR) is 88.7 cm³/mol. The number of likely N-dealkylation sites (tertiary alicyclic amines) is 1. The van der Waals surface area contributed by atoms with Crippen molar-refractivity contribution < 1.29 is 14.3 Å². The van der Waals surface area contributed by atoms with Crippen molar-refractivity contribution in [2.75, 3.05) is 18.4 Å². The molecule has 1 fully saturated rings. The van der Waals surface area contributed by atoms with E-state index in [1.54, 1.807) is 4.90 Å². The number of ether oxygens (including phenoxy) is 1. The van der Waals surface area contributed by atoms with Gasteiger partial charge in [-0.1, -0.05) is 15.9 Å². The van der Waals surface area contributed by atoms with E-state index in [0.717, 1.165) is 10.2 Å². The molecule has 1 aliphatic rings. The molecule has 6 heteroatoms. The molecule has 120 valence electrons. The lowest BCUT2D eigenvalue weighted by Gasteiger charge is -2.31. The first-order valence-corrected chi connectivity index (χ1v) is 8.27. The molecule has 0 atom stereocenters. The Morgan fingerprint density at radius 3 is 2.36 bits per heavy atom. The summed E-state index contributed by atoms with van der Waals surface area (Å²) in [4.78, 5) is 25.7. The van der Waals surface area contributed by atoms with E-state index in [2.05, 4.69) is 21.2 Å². The summed E-state index contributed by atoms with van der Waals surface area (Å²) in [5.74, 6) is -0.0500. The number of hydrogen-bond donors (Lipinski definition) is 1. The number of hydrogen-bond acceptors (Lipinski definition) is 3. The monoisotopic (exact) mass is 368 g/mol. The van der Waals surface area contributed by atoms with Crippen LogP contribution >= 0.6 is 15.9 Å². The quantitative estimate of drug-likeness (QED) is 0.885. The number of anilines is 1. The van der Waals surface area contributed by atoms with Crippen LogP contribution in [-0.2, 0) is 9.53 Å². The van der Waals surface area contributed by atoms with Gasteiger partial charge in [0.2, 0.25) is 5.91 Å². The zero-order chi connectivity index (χ0) is 16.1. The summed E-state index contributed by atoms with van der Waals surface area (Å²) in [5, 5.41) is 2.92. The summed E-state index contributed by atoms with van der Waals surface area (Å²) < 4.78 is 6.15. The molecule has 22 heavy (non-hydrogen) atoms. The third-order valence-electron chi connectivity index (χ3n) is 3.57. The van der Waals surface area contributed by atoms with Crippen molar-refractivity contribution in [3.8, 4) is 0 Å². The minimum atomic E-state index is -0.290. The van der Waals surface area contributed by atoms with Gasteiger partial charge in [0.15, 0.2) is 0 Å². The van der Waals surface area contributed by atoms with Crippen LogP contribution in [0.1, 0.15) is 26.7 Å². The van der Waals surface area contributed by atoms with Gasteiger partial charge in [0.05, 0.1) is 6.10 Å². The van der Waals surface area contributed by atoms with Crippen molar-refractivity contribution in [1.82, 2.24) is 4.90 Å². The molecular weight excluding hydrogens is 348 g/mol. The largest absolute Gasteiger partial charge is 0.447 e. The lowest BCUT2D eigenvalue weighted by Crippen LogP contribution is -2.42. The Morgan fingerprint density at radius 1 is 1.23 bits per heavy atom. The summed E-state index contributed by atoms with van der Waals surface area (Å²) in [6, 6.07) is 7.49. The van der Waals surface area contributed by atoms with Gasteiger partial charge >= 0.3 is 6.09 Å². The van der Waals surface area contributed by atoms with E-state index in [1.807, 2.05) is 38.1 Å². The number of carbonyl (C=O) groups excluding carboxylic acids is 2. The van der Waals surface area contributed by atoms with Gasteiger partial charge in [-0.05, 0) is 51.0 Å². The molecule has 1 N–H and O–H groups in total. The second-order valence-electron chi connectivity index (χ2n) is 5.69. The van der Waals surface area contributed by atoms with E-state index in [4.69, 9.17) is 4.74 Å². The molecule has 1 aromatic carbocycles. The van der Waals surface area contributed by atoms with Gasteiger partial charge in [-0.15, -0.1) is 0 Å². The third kappa shape index (κ3) is 4.73. The number of halogens is 1. The Labute approximate surface area is 139 Å². The highest BCUT2D eigenvalue weighted by molar-refractivity contribution is 9.10. The molecule has 0 bridgehead atoms. The van der Waals surface area contributed by atoms with Gasteiger partial charge in [0.1, 0.15) is 0 Å². The smallest absolute Gasteiger partial charge is 0.410 e. The van der Waals surface area contributed by atoms with Crippen molar-refractivity contribution >= 4 is 33.6 Å². The second-order valence-corrected chi connectivity index (χ2v) is 6.61. The average Bonchev–Trinajstić information content (AvgIpc) is 2.49. The number of piperidine rings is 1. The van der Waals surface area contributed by atoms with Gasteiger partial charge in [-0.3, -0.25) is 4.79 Å². The normalized spacial score (nSPS) is 15.7. The van der Waals surface area contributed by atoms with Gasteiger partial charge < -0.3 is 15.0 Å². The molecule has 1 heterocycles. The minimum absolute atomic E-state index is 0.0131. The zero-order valence-electron chi connectivity index (χ0n) is 12.8. The average molecular weight is 369 g/mol. The molecular formula is C16H21BrN2O3. The first-order valence-electron chi connectivity index (χ1n) is 7.47. The Morgan fingerprint density at radius 2 is 1.82 bits per heavy atom. The van der Waals surface area contributed by atoms with Crippen LogP contribution in [0.25, 0.3) is 0 Å². The van der Waals surface area contributed by atoms with E-state index in [-0.39, 0.29) is 24.0 Å². The summed E-state index contributed by atoms with van der Waals surface area (Å²) in [5.41, 5.74) is 0.787. The zero-order valence-corrected chi connectivity index (χ0v) is 14.4. The Hall–Kier alpha value is -1.56. The van der Waals surface area contributed by atoms with Crippen molar-refractivity contribution in [3.05, 3.63) is 28.7 Å². The van der Waals surface area contributed by atoms with Crippen LogP contribution in [0.5, 0.6) is 0 Å². The lowest BCUT2D eigenvalue weighted by atomic mass is 9.96. The maximum atomic E-state index is 12.2. The van der Waals surface area contributed by atoms with E-state index >= 15 is 0 Å². The number of carbonyl (C=O) groups is 2. The van der Waals surface area contributed by atoms with Gasteiger partial charge in [0, 0.05) is 29.2 Å². The van der Waals surface area contributed by atoms with E-state index in [1.165, 1.54) is 0 Å².